The van der Waals surface area contributed by atoms with Gasteiger partial charge < -0.3 is 9.84 Å². The van der Waals surface area contributed by atoms with Gasteiger partial charge in [0.1, 0.15) is 0 Å². The Labute approximate surface area is 115 Å². The highest BCUT2D eigenvalue weighted by molar-refractivity contribution is 7.99. The molecule has 2 atom stereocenters. The molecule has 0 aromatic carbocycles. The molecule has 1 rings (SSSR count). The maximum Gasteiger partial charge on any atom is 0.311 e. The fourth-order valence-corrected chi connectivity index (χ4v) is 4.32. The minimum atomic E-state index is -0.946. The average Bonchev–Trinajstić information content (AvgIpc) is 2.30. The van der Waals surface area contributed by atoms with E-state index < -0.39 is 11.5 Å². The molecular weight excluding hydrogens is 248 g/mol. The van der Waals surface area contributed by atoms with Crippen LogP contribution in [0.2, 0.25) is 0 Å². The van der Waals surface area contributed by atoms with E-state index in [2.05, 4.69) is 13.8 Å². The van der Waals surface area contributed by atoms with E-state index in [1.165, 1.54) is 0 Å². The quantitative estimate of drug-likeness (QED) is 0.783. The lowest BCUT2D eigenvalue weighted by Crippen LogP contribution is -2.57. The van der Waals surface area contributed by atoms with Crippen LogP contribution < -0.4 is 0 Å². The second-order valence-corrected chi connectivity index (χ2v) is 6.81. The molecule has 1 saturated heterocycles. The first kappa shape index (κ1) is 15.8. The van der Waals surface area contributed by atoms with Gasteiger partial charge in [-0.15, -0.1) is 0 Å². The number of hydrogen-bond acceptors (Lipinski definition) is 4. The van der Waals surface area contributed by atoms with Gasteiger partial charge in [0, 0.05) is 5.75 Å². The number of rotatable bonds is 5. The van der Waals surface area contributed by atoms with Gasteiger partial charge >= 0.3 is 5.97 Å². The van der Waals surface area contributed by atoms with E-state index in [0.29, 0.717) is 18.8 Å². The fourth-order valence-electron chi connectivity index (χ4n) is 2.62. The number of hydrogen-bond donors (Lipinski definition) is 1. The molecular formula is C14H26O3S. The second kappa shape index (κ2) is 6.29. The van der Waals surface area contributed by atoms with Gasteiger partial charge in [0.15, 0.2) is 0 Å². The van der Waals surface area contributed by atoms with Crippen LogP contribution in [-0.4, -0.2) is 34.8 Å². The van der Waals surface area contributed by atoms with Gasteiger partial charge in [0.05, 0.1) is 18.1 Å². The van der Waals surface area contributed by atoms with E-state index >= 15 is 0 Å². The van der Waals surface area contributed by atoms with Crippen LogP contribution in [0.1, 0.15) is 47.0 Å². The zero-order chi connectivity index (χ0) is 13.8. The lowest BCUT2D eigenvalue weighted by Gasteiger charge is -2.49. The lowest BCUT2D eigenvalue weighted by molar-refractivity contribution is -0.168. The number of carbonyl (C=O) groups is 1. The third-order valence-corrected chi connectivity index (χ3v) is 5.23. The van der Waals surface area contributed by atoms with Gasteiger partial charge in [-0.05, 0) is 30.9 Å². The Morgan fingerprint density at radius 2 is 2.11 bits per heavy atom. The molecule has 0 aromatic rings. The Bertz CT molecular complexity index is 291. The summed E-state index contributed by atoms with van der Waals surface area (Å²) in [6.07, 6.45) is 2.51. The van der Waals surface area contributed by atoms with Crippen LogP contribution in [0, 0.1) is 11.3 Å². The normalized spacial score (nSPS) is 28.7. The molecule has 0 radical (unpaired) electrons. The van der Waals surface area contributed by atoms with Crippen molar-refractivity contribution in [3.63, 3.8) is 0 Å². The third kappa shape index (κ3) is 3.02. The molecule has 0 spiro atoms. The summed E-state index contributed by atoms with van der Waals surface area (Å²) in [6.45, 7) is 8.36. The molecule has 3 nitrogen and oxygen atoms in total. The fraction of sp³-hybridized carbons (Fsp3) is 0.929. The molecule has 2 unspecified atom stereocenters. The SMILES string of the molecule is CCCC(C(=O)OCC)C1(O)CSCCC1(C)C. The number of esters is 1. The van der Waals surface area contributed by atoms with Gasteiger partial charge in [-0.3, -0.25) is 4.79 Å². The molecule has 0 aliphatic carbocycles. The van der Waals surface area contributed by atoms with Crippen molar-refractivity contribution in [3.8, 4) is 0 Å². The molecule has 0 saturated carbocycles. The summed E-state index contributed by atoms with van der Waals surface area (Å²) >= 11 is 1.74. The zero-order valence-corrected chi connectivity index (χ0v) is 12.8. The van der Waals surface area contributed by atoms with Crippen molar-refractivity contribution in [2.75, 3.05) is 18.1 Å². The zero-order valence-electron chi connectivity index (χ0n) is 12.0. The number of carbonyl (C=O) groups excluding carboxylic acids is 1. The summed E-state index contributed by atoms with van der Waals surface area (Å²) < 4.78 is 5.16. The summed E-state index contributed by atoms with van der Waals surface area (Å²) in [4.78, 5) is 12.1. The van der Waals surface area contributed by atoms with Crippen molar-refractivity contribution in [1.82, 2.24) is 0 Å². The number of aliphatic hydroxyl groups is 1. The lowest BCUT2D eigenvalue weighted by atomic mass is 9.66. The molecule has 0 aromatic heterocycles. The maximum atomic E-state index is 12.1. The Balaban J connectivity index is 2.97. The first-order valence-corrected chi connectivity index (χ1v) is 8.01. The first-order chi connectivity index (χ1) is 8.39. The molecule has 0 bridgehead atoms. The third-order valence-electron chi connectivity index (χ3n) is 4.09. The maximum absolute atomic E-state index is 12.1. The molecule has 1 aliphatic heterocycles. The van der Waals surface area contributed by atoms with Crippen LogP contribution in [0.5, 0.6) is 0 Å². The first-order valence-electron chi connectivity index (χ1n) is 6.85. The average molecular weight is 274 g/mol. The van der Waals surface area contributed by atoms with Crippen LogP contribution in [-0.2, 0) is 9.53 Å². The molecule has 106 valence electrons. The summed E-state index contributed by atoms with van der Waals surface area (Å²) in [5.41, 5.74) is -1.18. The number of thioether (sulfide) groups is 1. The molecule has 1 aliphatic rings. The van der Waals surface area contributed by atoms with E-state index in [0.717, 1.165) is 18.6 Å². The highest BCUT2D eigenvalue weighted by atomic mass is 32.2. The predicted molar refractivity (Wildman–Crippen MR) is 75.7 cm³/mol. The largest absolute Gasteiger partial charge is 0.466 e. The topological polar surface area (TPSA) is 46.5 Å². The summed E-state index contributed by atoms with van der Waals surface area (Å²) in [5, 5.41) is 11.1. The van der Waals surface area contributed by atoms with Gasteiger partial charge in [0.2, 0.25) is 0 Å². The van der Waals surface area contributed by atoms with Crippen molar-refractivity contribution >= 4 is 17.7 Å². The molecule has 1 heterocycles. The van der Waals surface area contributed by atoms with Crippen molar-refractivity contribution < 1.29 is 14.6 Å². The molecule has 1 N–H and O–H groups in total. The summed E-state index contributed by atoms with van der Waals surface area (Å²) in [6, 6.07) is 0. The van der Waals surface area contributed by atoms with Crippen LogP contribution in [0.15, 0.2) is 0 Å². The smallest absolute Gasteiger partial charge is 0.311 e. The van der Waals surface area contributed by atoms with Crippen molar-refractivity contribution in [2.24, 2.45) is 11.3 Å². The van der Waals surface area contributed by atoms with Gasteiger partial charge in [-0.1, -0.05) is 27.2 Å². The highest BCUT2D eigenvalue weighted by Gasteiger charge is 2.53. The van der Waals surface area contributed by atoms with E-state index in [9.17, 15) is 9.90 Å². The van der Waals surface area contributed by atoms with Crippen molar-refractivity contribution in [3.05, 3.63) is 0 Å². The van der Waals surface area contributed by atoms with Crippen LogP contribution in [0.25, 0.3) is 0 Å². The van der Waals surface area contributed by atoms with Gasteiger partial charge in [0.25, 0.3) is 0 Å². The molecule has 18 heavy (non-hydrogen) atoms. The minimum Gasteiger partial charge on any atom is -0.466 e. The second-order valence-electron chi connectivity index (χ2n) is 5.70. The Kier molecular flexibility index (Phi) is 5.53. The highest BCUT2D eigenvalue weighted by Crippen LogP contribution is 2.47. The summed E-state index contributed by atoms with van der Waals surface area (Å²) in [7, 11) is 0. The molecule has 0 amide bonds. The Hall–Kier alpha value is -0.220. The monoisotopic (exact) mass is 274 g/mol. The van der Waals surface area contributed by atoms with Crippen LogP contribution >= 0.6 is 11.8 Å². The summed E-state index contributed by atoms with van der Waals surface area (Å²) in [5.74, 6) is 1.04. The Morgan fingerprint density at radius 3 is 2.61 bits per heavy atom. The van der Waals surface area contributed by atoms with E-state index in [1.54, 1.807) is 11.8 Å². The molecule has 4 heteroatoms. The van der Waals surface area contributed by atoms with Crippen molar-refractivity contribution in [2.45, 2.75) is 52.6 Å². The van der Waals surface area contributed by atoms with Crippen LogP contribution in [0.4, 0.5) is 0 Å². The van der Waals surface area contributed by atoms with Gasteiger partial charge in [-0.2, -0.15) is 11.8 Å². The van der Waals surface area contributed by atoms with E-state index in [1.807, 2.05) is 13.8 Å². The van der Waals surface area contributed by atoms with E-state index in [-0.39, 0.29) is 11.4 Å². The Morgan fingerprint density at radius 1 is 1.44 bits per heavy atom. The standard InChI is InChI=1S/C14H26O3S/c1-5-7-11(12(15)17-6-2)14(16)10-18-9-8-13(14,3)4/h11,16H,5-10H2,1-4H3. The van der Waals surface area contributed by atoms with E-state index in [4.69, 9.17) is 4.74 Å². The van der Waals surface area contributed by atoms with Crippen LogP contribution in [0.3, 0.4) is 0 Å². The minimum absolute atomic E-state index is 0.231. The van der Waals surface area contributed by atoms with Crippen molar-refractivity contribution in [1.29, 1.82) is 0 Å². The van der Waals surface area contributed by atoms with Gasteiger partial charge in [-0.25, -0.2) is 0 Å². The number of ether oxygens (including phenoxy) is 1. The molecule has 1 fully saturated rings. The predicted octanol–water partition coefficient (Wildman–Crippen LogP) is 2.86.